The Bertz CT molecular complexity index is 2090. The predicted octanol–water partition coefficient (Wildman–Crippen LogP) is 9.12. The lowest BCUT2D eigenvalue weighted by Crippen LogP contribution is -2.54. The van der Waals surface area contributed by atoms with Crippen molar-refractivity contribution in [3.05, 3.63) is 135 Å². The summed E-state index contributed by atoms with van der Waals surface area (Å²) in [6.07, 6.45) is 1.15. The molecule has 11 nitrogen and oxygen atoms in total. The van der Waals surface area contributed by atoms with Crippen LogP contribution in [0, 0.1) is 34.6 Å². The van der Waals surface area contributed by atoms with Crippen molar-refractivity contribution in [3.63, 3.8) is 0 Å². The molecule has 0 atom stereocenters. The van der Waals surface area contributed by atoms with Crippen molar-refractivity contribution in [1.82, 2.24) is 9.91 Å². The molecule has 0 radical (unpaired) electrons. The Balaban J connectivity index is 0.000000349. The number of nitrogens with two attached hydrogens (primary N) is 1. The van der Waals surface area contributed by atoms with Crippen LogP contribution in [0.2, 0.25) is 0 Å². The Kier molecular flexibility index (Phi) is 20.2. The Morgan fingerprint density at radius 3 is 1.49 bits per heavy atom. The summed E-state index contributed by atoms with van der Waals surface area (Å²) >= 11 is 5.39. The molecule has 61 heavy (non-hydrogen) atoms. The number of nitrogens with zero attached hydrogens (tertiary/aromatic N) is 2. The quantitative estimate of drug-likeness (QED) is 0.0292. The first kappa shape index (κ1) is 51.9. The van der Waals surface area contributed by atoms with E-state index in [1.807, 2.05) is 111 Å². The fourth-order valence-electron chi connectivity index (χ4n) is 6.99. The zero-order valence-electron chi connectivity index (χ0n) is 38.3. The van der Waals surface area contributed by atoms with E-state index < -0.39 is 16.3 Å². The minimum Gasteiger partial charge on any atom is -0.496 e. The van der Waals surface area contributed by atoms with Crippen LogP contribution in [0.3, 0.4) is 0 Å². The first-order chi connectivity index (χ1) is 28.6. The third kappa shape index (κ3) is 14.5. The molecule has 0 aliphatic rings. The number of benzene rings is 4. The van der Waals surface area contributed by atoms with Crippen LogP contribution in [0.5, 0.6) is 11.5 Å². The summed E-state index contributed by atoms with van der Waals surface area (Å²) in [4.78, 5) is 51.8. The molecular formula is C49H65ClN3O8+. The molecule has 0 aliphatic carbocycles. The molecule has 2 N–H and O–H groups in total. The number of amides is 2. The van der Waals surface area contributed by atoms with Crippen LogP contribution >= 0.6 is 11.6 Å². The van der Waals surface area contributed by atoms with Gasteiger partial charge in [-0.15, -0.1) is 0 Å². The van der Waals surface area contributed by atoms with Crippen molar-refractivity contribution in [1.29, 1.82) is 0 Å². The normalized spacial score (nSPS) is 11.0. The van der Waals surface area contributed by atoms with E-state index in [2.05, 4.69) is 6.92 Å². The van der Waals surface area contributed by atoms with E-state index in [4.69, 9.17) is 36.4 Å². The van der Waals surface area contributed by atoms with E-state index >= 15 is 0 Å². The molecule has 0 saturated carbocycles. The van der Waals surface area contributed by atoms with Gasteiger partial charge in [-0.3, -0.25) is 24.2 Å². The van der Waals surface area contributed by atoms with E-state index in [1.165, 1.54) is 5.01 Å². The molecule has 0 unspecified atom stereocenters. The Labute approximate surface area is 368 Å². The van der Waals surface area contributed by atoms with E-state index in [0.29, 0.717) is 59.8 Å². The van der Waals surface area contributed by atoms with Gasteiger partial charge in [0.1, 0.15) is 17.9 Å². The SMILES string of the molecule is CCc1c(OC)cccc1C(=O)CN(C(=O)c1cc(C)cc(C)c1)C(C)(C)COC.COCC(C)(C)N(N)C(=O)c1cc(C)cc(C)c1.[CH2+]Cc1c(OC)cccc1C(=O)Cl. The first-order valence-corrected chi connectivity index (χ1v) is 20.4. The number of carbonyl (C=O) groups is 4. The minimum absolute atomic E-state index is 0.0393. The van der Waals surface area contributed by atoms with E-state index in [1.54, 1.807) is 57.6 Å². The molecule has 4 aromatic rings. The lowest BCUT2D eigenvalue weighted by Gasteiger charge is -2.38. The largest absolute Gasteiger partial charge is 0.496 e. The summed E-state index contributed by atoms with van der Waals surface area (Å²) in [5.74, 6) is 6.77. The number of rotatable bonds is 16. The second kappa shape index (κ2) is 23.7. The van der Waals surface area contributed by atoms with Crippen LogP contribution < -0.4 is 15.3 Å². The van der Waals surface area contributed by atoms with Gasteiger partial charge in [0.25, 0.3) is 17.1 Å². The second-order valence-corrected chi connectivity index (χ2v) is 16.4. The van der Waals surface area contributed by atoms with Gasteiger partial charge >= 0.3 is 0 Å². The first-order valence-electron chi connectivity index (χ1n) is 20.0. The van der Waals surface area contributed by atoms with Crippen LogP contribution in [-0.4, -0.2) is 92.0 Å². The van der Waals surface area contributed by atoms with Crippen LogP contribution in [0.4, 0.5) is 0 Å². The second-order valence-electron chi connectivity index (χ2n) is 16.1. The van der Waals surface area contributed by atoms with Gasteiger partial charge in [-0.25, -0.2) is 5.84 Å². The summed E-state index contributed by atoms with van der Waals surface area (Å²) in [5, 5.41) is 0.766. The van der Waals surface area contributed by atoms with E-state index in [-0.39, 0.29) is 24.1 Å². The molecule has 0 saturated heterocycles. The van der Waals surface area contributed by atoms with Crippen molar-refractivity contribution in [2.75, 3.05) is 48.2 Å². The third-order valence-electron chi connectivity index (χ3n) is 9.90. The number of ether oxygens (including phenoxy) is 4. The smallest absolute Gasteiger partial charge is 0.268 e. The fourth-order valence-corrected chi connectivity index (χ4v) is 7.17. The van der Waals surface area contributed by atoms with Gasteiger partial charge in [0.2, 0.25) is 0 Å². The summed E-state index contributed by atoms with van der Waals surface area (Å²) in [7, 11) is 6.34. The topological polar surface area (TPSA) is 138 Å². The average molecular weight is 860 g/mol. The number of hydrogen-bond donors (Lipinski definition) is 1. The summed E-state index contributed by atoms with van der Waals surface area (Å²) < 4.78 is 21.0. The van der Waals surface area contributed by atoms with Crippen LogP contribution in [0.25, 0.3) is 0 Å². The highest BCUT2D eigenvalue weighted by atomic mass is 35.5. The van der Waals surface area contributed by atoms with Crippen molar-refractivity contribution in [2.45, 2.75) is 86.2 Å². The maximum absolute atomic E-state index is 13.5. The number of carbonyl (C=O) groups excluding carboxylic acids is 4. The van der Waals surface area contributed by atoms with Crippen molar-refractivity contribution in [3.8, 4) is 11.5 Å². The monoisotopic (exact) mass is 858 g/mol. The number of ketones is 1. The fraction of sp³-hybridized carbons (Fsp3) is 0.408. The van der Waals surface area contributed by atoms with E-state index in [9.17, 15) is 19.2 Å². The minimum atomic E-state index is -0.662. The van der Waals surface area contributed by atoms with Crippen LogP contribution in [0.15, 0.2) is 72.8 Å². The lowest BCUT2D eigenvalue weighted by molar-refractivity contribution is 0.0258. The molecule has 330 valence electrons. The molecule has 4 rings (SSSR count). The van der Waals surface area contributed by atoms with E-state index in [0.717, 1.165) is 33.4 Å². The van der Waals surface area contributed by atoms with Crippen LogP contribution in [0.1, 0.15) is 109 Å². The van der Waals surface area contributed by atoms with Gasteiger partial charge in [0.15, 0.2) is 5.78 Å². The van der Waals surface area contributed by atoms with Crippen molar-refractivity contribution >= 4 is 34.4 Å². The van der Waals surface area contributed by atoms with Gasteiger partial charge in [-0.1, -0.05) is 59.5 Å². The van der Waals surface area contributed by atoms with Crippen molar-refractivity contribution in [2.24, 2.45) is 5.84 Å². The van der Waals surface area contributed by atoms with Crippen LogP contribution in [-0.2, 0) is 22.3 Å². The third-order valence-corrected chi connectivity index (χ3v) is 10.1. The predicted molar refractivity (Wildman–Crippen MR) is 244 cm³/mol. The lowest BCUT2D eigenvalue weighted by atomic mass is 9.96. The summed E-state index contributed by atoms with van der Waals surface area (Å²) in [5.41, 5.74) is 6.77. The molecule has 0 aromatic heterocycles. The average Bonchev–Trinajstić information content (AvgIpc) is 3.20. The standard InChI is InChI=1S/C25H33NO4.C14H22N2O2.C10H10ClO2/c1-8-20-21(10-9-11-23(20)30-7)22(27)15-26(25(4,5)16-29-6)24(28)19-13-17(2)12-18(3)14-19;1-10-6-11(2)8-12(7-10)13(17)16(15)14(3,4)9-18-5;1-3-7-8(10(11)12)5-4-6-9(7)13-2/h9-14H,8,15-16H2,1-7H3;6-8H,9,15H2,1-5H3;4-6H,1,3H2,2H3/q;;+1. The molecule has 0 bridgehead atoms. The zero-order chi connectivity index (χ0) is 46.2. The maximum Gasteiger partial charge on any atom is 0.268 e. The highest BCUT2D eigenvalue weighted by molar-refractivity contribution is 6.68. The van der Waals surface area contributed by atoms with Gasteiger partial charge < -0.3 is 23.8 Å². The molecule has 0 heterocycles. The van der Waals surface area contributed by atoms with Gasteiger partial charge in [-0.2, -0.15) is 0 Å². The highest BCUT2D eigenvalue weighted by Crippen LogP contribution is 2.27. The molecule has 2 amide bonds. The number of hydrogen-bond acceptors (Lipinski definition) is 9. The Morgan fingerprint density at radius 1 is 0.656 bits per heavy atom. The molecule has 0 spiro atoms. The number of aryl methyl sites for hydroxylation is 4. The molecule has 0 aliphatic heterocycles. The number of Topliss-reactive ketones (excluding diaryl/α,β-unsaturated/α-hetero) is 1. The number of hydrazine groups is 1. The molecule has 12 heteroatoms. The Hall–Kier alpha value is -5.20. The molecule has 4 aromatic carbocycles. The number of methoxy groups -OCH3 is 4. The molecule has 0 fully saturated rings. The number of halogens is 1. The molecular weight excluding hydrogens is 794 g/mol. The maximum atomic E-state index is 13.5. The highest BCUT2D eigenvalue weighted by Gasteiger charge is 2.34. The summed E-state index contributed by atoms with van der Waals surface area (Å²) in [6, 6.07) is 22.1. The van der Waals surface area contributed by atoms with Crippen molar-refractivity contribution < 1.29 is 38.1 Å². The van der Waals surface area contributed by atoms with Gasteiger partial charge in [0.05, 0.1) is 57.5 Å². The zero-order valence-corrected chi connectivity index (χ0v) is 39.0. The Morgan fingerprint density at radius 2 is 1.08 bits per heavy atom. The van der Waals surface area contributed by atoms with Gasteiger partial charge in [-0.05, 0) is 116 Å². The summed E-state index contributed by atoms with van der Waals surface area (Å²) in [6.45, 7) is 21.8. The van der Waals surface area contributed by atoms with Gasteiger partial charge in [0, 0.05) is 42.0 Å².